The van der Waals surface area contributed by atoms with E-state index in [4.69, 9.17) is 9.47 Å². The highest BCUT2D eigenvalue weighted by molar-refractivity contribution is 7.13. The first-order valence-electron chi connectivity index (χ1n) is 9.95. The van der Waals surface area contributed by atoms with Crippen molar-refractivity contribution >= 4 is 22.9 Å². The number of aromatic nitrogens is 1. The monoisotopic (exact) mass is 423 g/mol. The van der Waals surface area contributed by atoms with E-state index in [1.807, 2.05) is 59.7 Å². The molecule has 0 spiro atoms. The van der Waals surface area contributed by atoms with E-state index < -0.39 is 0 Å². The molecule has 0 N–H and O–H groups in total. The Kier molecular flexibility index (Phi) is 6.18. The van der Waals surface area contributed by atoms with Gasteiger partial charge in [-0.1, -0.05) is 12.1 Å². The predicted octanol–water partition coefficient (Wildman–Crippen LogP) is 3.85. The zero-order valence-electron chi connectivity index (χ0n) is 17.2. The molecule has 1 fully saturated rings. The van der Waals surface area contributed by atoms with E-state index in [0.29, 0.717) is 18.8 Å². The Morgan fingerprint density at radius 3 is 2.47 bits per heavy atom. The van der Waals surface area contributed by atoms with Gasteiger partial charge in [0.2, 0.25) is 0 Å². The van der Waals surface area contributed by atoms with Crippen LogP contribution in [0.2, 0.25) is 0 Å². The molecular weight excluding hydrogens is 398 g/mol. The van der Waals surface area contributed by atoms with E-state index >= 15 is 0 Å². The number of hydrogen-bond acceptors (Lipinski definition) is 6. The molecule has 156 valence electrons. The van der Waals surface area contributed by atoms with Crippen LogP contribution in [0, 0.1) is 6.92 Å². The zero-order valence-corrected chi connectivity index (χ0v) is 18.0. The molecule has 0 aliphatic carbocycles. The Balaban J connectivity index is 1.28. The maximum Gasteiger partial charge on any atom is 0.260 e. The lowest BCUT2D eigenvalue weighted by atomic mass is 10.2. The first kappa shape index (κ1) is 20.2. The van der Waals surface area contributed by atoms with Crippen LogP contribution in [0.1, 0.15) is 5.69 Å². The minimum atomic E-state index is 0.00861. The van der Waals surface area contributed by atoms with Gasteiger partial charge < -0.3 is 19.3 Å². The Morgan fingerprint density at radius 2 is 1.80 bits per heavy atom. The van der Waals surface area contributed by atoms with Crippen molar-refractivity contribution in [3.05, 3.63) is 59.6 Å². The van der Waals surface area contributed by atoms with E-state index in [0.717, 1.165) is 40.8 Å². The number of thiazole rings is 1. The molecule has 0 atom stereocenters. The van der Waals surface area contributed by atoms with Crippen LogP contribution in [-0.4, -0.2) is 55.7 Å². The third-order valence-electron chi connectivity index (χ3n) is 5.14. The molecule has 6 nitrogen and oxygen atoms in total. The molecule has 0 bridgehead atoms. The number of amides is 1. The third-order valence-corrected chi connectivity index (χ3v) is 6.15. The van der Waals surface area contributed by atoms with Crippen LogP contribution in [0.3, 0.4) is 0 Å². The number of aryl methyl sites for hydroxylation is 1. The SMILES string of the molecule is COc1ccccc1N1CCN(C(=O)COc2ccc(-c3nc(C)cs3)cc2)CC1. The summed E-state index contributed by atoms with van der Waals surface area (Å²) >= 11 is 1.62. The van der Waals surface area contributed by atoms with Crippen molar-refractivity contribution in [1.29, 1.82) is 0 Å². The molecule has 30 heavy (non-hydrogen) atoms. The van der Waals surface area contributed by atoms with Gasteiger partial charge in [0.05, 0.1) is 12.8 Å². The number of carbonyl (C=O) groups is 1. The van der Waals surface area contributed by atoms with Gasteiger partial charge in [-0.05, 0) is 43.3 Å². The van der Waals surface area contributed by atoms with E-state index in [1.165, 1.54) is 0 Å². The number of ether oxygens (including phenoxy) is 2. The number of anilines is 1. The van der Waals surface area contributed by atoms with Crippen LogP contribution < -0.4 is 14.4 Å². The third kappa shape index (κ3) is 4.57. The quantitative estimate of drug-likeness (QED) is 0.603. The summed E-state index contributed by atoms with van der Waals surface area (Å²) in [4.78, 5) is 21.2. The standard InChI is InChI=1S/C23H25N3O3S/c1-17-16-30-23(24-17)18-7-9-19(10-8-18)29-15-22(27)26-13-11-25(12-14-26)20-5-3-4-6-21(20)28-2/h3-10,16H,11-15H2,1-2H3. The molecule has 0 unspecified atom stereocenters. The molecular formula is C23H25N3O3S. The minimum Gasteiger partial charge on any atom is -0.495 e. The van der Waals surface area contributed by atoms with Gasteiger partial charge in [0, 0.05) is 42.8 Å². The Labute approximate surface area is 180 Å². The summed E-state index contributed by atoms with van der Waals surface area (Å²) in [5.74, 6) is 1.55. The van der Waals surface area contributed by atoms with Crippen molar-refractivity contribution in [3.8, 4) is 22.1 Å². The fourth-order valence-electron chi connectivity index (χ4n) is 3.50. The van der Waals surface area contributed by atoms with Crippen molar-refractivity contribution in [2.45, 2.75) is 6.92 Å². The summed E-state index contributed by atoms with van der Waals surface area (Å²) in [6.45, 7) is 4.91. The first-order valence-corrected chi connectivity index (χ1v) is 10.8. The van der Waals surface area contributed by atoms with Crippen LogP contribution in [-0.2, 0) is 4.79 Å². The van der Waals surface area contributed by atoms with Gasteiger partial charge in [-0.25, -0.2) is 4.98 Å². The van der Waals surface area contributed by atoms with Gasteiger partial charge in [0.25, 0.3) is 5.91 Å². The summed E-state index contributed by atoms with van der Waals surface area (Å²) in [5.41, 5.74) is 3.14. The second-order valence-electron chi connectivity index (χ2n) is 7.15. The number of carbonyl (C=O) groups excluding carboxylic acids is 1. The fourth-order valence-corrected chi connectivity index (χ4v) is 4.31. The molecule has 3 aromatic rings. The van der Waals surface area contributed by atoms with Crippen molar-refractivity contribution < 1.29 is 14.3 Å². The normalized spacial score (nSPS) is 13.9. The highest BCUT2D eigenvalue weighted by Gasteiger charge is 2.23. The summed E-state index contributed by atoms with van der Waals surface area (Å²) in [6.07, 6.45) is 0. The van der Waals surface area contributed by atoms with E-state index in [1.54, 1.807) is 18.4 Å². The molecule has 4 rings (SSSR count). The van der Waals surface area contributed by atoms with E-state index in [9.17, 15) is 4.79 Å². The largest absolute Gasteiger partial charge is 0.495 e. The molecule has 1 aliphatic heterocycles. The van der Waals surface area contributed by atoms with Crippen LogP contribution in [0.5, 0.6) is 11.5 Å². The number of rotatable bonds is 6. The Bertz CT molecular complexity index is 995. The van der Waals surface area contributed by atoms with Crippen molar-refractivity contribution in [2.75, 3.05) is 44.8 Å². The molecule has 1 saturated heterocycles. The lowest BCUT2D eigenvalue weighted by Crippen LogP contribution is -2.50. The van der Waals surface area contributed by atoms with Crippen molar-refractivity contribution in [1.82, 2.24) is 9.88 Å². The molecule has 7 heteroatoms. The fraction of sp³-hybridized carbons (Fsp3) is 0.304. The molecule has 1 amide bonds. The first-order chi connectivity index (χ1) is 14.6. The predicted molar refractivity (Wildman–Crippen MR) is 120 cm³/mol. The smallest absolute Gasteiger partial charge is 0.260 e. The van der Waals surface area contributed by atoms with Gasteiger partial charge >= 0.3 is 0 Å². The van der Waals surface area contributed by atoms with Crippen LogP contribution in [0.25, 0.3) is 10.6 Å². The average Bonchev–Trinajstić information content (AvgIpc) is 3.24. The maximum atomic E-state index is 12.6. The molecule has 2 heterocycles. The number of para-hydroxylation sites is 2. The number of methoxy groups -OCH3 is 1. The van der Waals surface area contributed by atoms with Crippen molar-refractivity contribution in [3.63, 3.8) is 0 Å². The van der Waals surface area contributed by atoms with Crippen LogP contribution >= 0.6 is 11.3 Å². The van der Waals surface area contributed by atoms with Gasteiger partial charge in [0.15, 0.2) is 6.61 Å². The lowest BCUT2D eigenvalue weighted by Gasteiger charge is -2.36. The second-order valence-corrected chi connectivity index (χ2v) is 8.00. The Morgan fingerprint density at radius 1 is 1.07 bits per heavy atom. The number of nitrogens with zero attached hydrogens (tertiary/aromatic N) is 3. The second kappa shape index (κ2) is 9.17. The molecule has 1 aliphatic rings. The maximum absolute atomic E-state index is 12.6. The highest BCUT2D eigenvalue weighted by atomic mass is 32.1. The molecule has 1 aromatic heterocycles. The molecule has 0 radical (unpaired) electrons. The van der Waals surface area contributed by atoms with E-state index in [-0.39, 0.29) is 12.5 Å². The lowest BCUT2D eigenvalue weighted by molar-refractivity contribution is -0.133. The highest BCUT2D eigenvalue weighted by Crippen LogP contribution is 2.28. The summed E-state index contributed by atoms with van der Waals surface area (Å²) < 4.78 is 11.2. The number of hydrogen-bond donors (Lipinski definition) is 0. The average molecular weight is 424 g/mol. The summed E-state index contributed by atoms with van der Waals surface area (Å²) in [6, 6.07) is 15.7. The van der Waals surface area contributed by atoms with Crippen molar-refractivity contribution in [2.24, 2.45) is 0 Å². The number of benzene rings is 2. The minimum absolute atomic E-state index is 0.00861. The molecule has 0 saturated carbocycles. The van der Waals surface area contributed by atoms with Crippen LogP contribution in [0.4, 0.5) is 5.69 Å². The molecule has 2 aromatic carbocycles. The topological polar surface area (TPSA) is 54.9 Å². The zero-order chi connectivity index (χ0) is 20.9. The van der Waals surface area contributed by atoms with Gasteiger partial charge in [-0.2, -0.15) is 0 Å². The Hall–Kier alpha value is -3.06. The summed E-state index contributed by atoms with van der Waals surface area (Å²) in [5, 5.41) is 3.02. The van der Waals surface area contributed by atoms with Gasteiger partial charge in [-0.15, -0.1) is 11.3 Å². The number of piperazine rings is 1. The van der Waals surface area contributed by atoms with Gasteiger partial charge in [0.1, 0.15) is 16.5 Å². The van der Waals surface area contributed by atoms with E-state index in [2.05, 4.69) is 16.0 Å². The summed E-state index contributed by atoms with van der Waals surface area (Å²) in [7, 11) is 1.68. The van der Waals surface area contributed by atoms with Gasteiger partial charge in [-0.3, -0.25) is 4.79 Å². The van der Waals surface area contributed by atoms with Crippen LogP contribution in [0.15, 0.2) is 53.9 Å².